The average Bonchev–Trinajstić information content (AvgIpc) is 3.15. The number of carbonyl (C=O) groups is 1. The molecule has 2 aromatic heterocycles. The van der Waals surface area contributed by atoms with Crippen LogP contribution in [0, 0.1) is 0 Å². The number of sulfonamides is 1. The van der Waals surface area contributed by atoms with Gasteiger partial charge in [0, 0.05) is 12.1 Å². The van der Waals surface area contributed by atoms with Crippen LogP contribution in [0.1, 0.15) is 28.7 Å². The van der Waals surface area contributed by atoms with E-state index in [1.165, 1.54) is 4.57 Å². The SMILES string of the molecule is CCn1c(=O)c2ccccc2n2c(CN3C(=O)c4ccccc4CS3(=O)=O)nnc12. The molecule has 1 amide bonds. The second-order valence-corrected chi connectivity index (χ2v) is 8.94. The summed E-state index contributed by atoms with van der Waals surface area (Å²) in [7, 11) is -3.87. The van der Waals surface area contributed by atoms with Crippen LogP contribution in [0.3, 0.4) is 0 Å². The lowest BCUT2D eigenvalue weighted by Gasteiger charge is -2.27. The summed E-state index contributed by atoms with van der Waals surface area (Å²) in [5.74, 6) is -0.286. The second-order valence-electron chi connectivity index (χ2n) is 7.04. The number of hydrogen-bond acceptors (Lipinski definition) is 6. The van der Waals surface area contributed by atoms with E-state index < -0.39 is 15.9 Å². The average molecular weight is 423 g/mol. The smallest absolute Gasteiger partial charge is 0.268 e. The maximum absolute atomic E-state index is 13.0. The van der Waals surface area contributed by atoms with Crippen molar-refractivity contribution in [3.05, 3.63) is 75.8 Å². The van der Waals surface area contributed by atoms with E-state index in [4.69, 9.17) is 0 Å². The van der Waals surface area contributed by atoms with Crippen LogP contribution in [0.4, 0.5) is 0 Å². The molecule has 0 N–H and O–H groups in total. The van der Waals surface area contributed by atoms with Gasteiger partial charge in [0.1, 0.15) is 0 Å². The number of fused-ring (bicyclic) bond motifs is 4. The van der Waals surface area contributed by atoms with Gasteiger partial charge < -0.3 is 0 Å². The first-order valence-corrected chi connectivity index (χ1v) is 11.0. The number of rotatable bonds is 3. The normalized spacial score (nSPS) is 15.6. The molecule has 152 valence electrons. The summed E-state index contributed by atoms with van der Waals surface area (Å²) in [6.45, 7) is 1.92. The summed E-state index contributed by atoms with van der Waals surface area (Å²) in [5, 5.41) is 8.73. The minimum Gasteiger partial charge on any atom is -0.277 e. The Morgan fingerprint density at radius 3 is 2.53 bits per heavy atom. The van der Waals surface area contributed by atoms with Crippen molar-refractivity contribution in [1.29, 1.82) is 0 Å². The van der Waals surface area contributed by atoms with Gasteiger partial charge in [-0.15, -0.1) is 10.2 Å². The van der Waals surface area contributed by atoms with Crippen LogP contribution in [-0.4, -0.2) is 37.8 Å². The van der Waals surface area contributed by atoms with Crippen molar-refractivity contribution in [3.8, 4) is 0 Å². The summed E-state index contributed by atoms with van der Waals surface area (Å²) < 4.78 is 29.7. The van der Waals surface area contributed by atoms with Crippen molar-refractivity contribution in [2.75, 3.05) is 0 Å². The minimum absolute atomic E-state index is 0.199. The number of benzene rings is 2. The number of amides is 1. The fourth-order valence-corrected chi connectivity index (χ4v) is 5.35. The van der Waals surface area contributed by atoms with Crippen molar-refractivity contribution < 1.29 is 13.2 Å². The molecule has 0 saturated carbocycles. The first kappa shape index (κ1) is 18.5. The van der Waals surface area contributed by atoms with E-state index in [1.54, 1.807) is 52.9 Å². The molecule has 1 aliphatic heterocycles. The number of nitrogens with zero attached hydrogens (tertiary/aromatic N) is 5. The third-order valence-electron chi connectivity index (χ3n) is 5.32. The molecule has 0 spiro atoms. The highest BCUT2D eigenvalue weighted by molar-refractivity contribution is 7.89. The number of hydrogen-bond donors (Lipinski definition) is 0. The molecule has 5 rings (SSSR count). The number of para-hydroxylation sites is 1. The molecule has 0 unspecified atom stereocenters. The molecular formula is C20H17N5O4S. The van der Waals surface area contributed by atoms with Crippen molar-refractivity contribution in [1.82, 2.24) is 23.5 Å². The monoisotopic (exact) mass is 423 g/mol. The van der Waals surface area contributed by atoms with Crippen LogP contribution in [-0.2, 0) is 28.9 Å². The van der Waals surface area contributed by atoms with Gasteiger partial charge in [-0.05, 0) is 30.7 Å². The van der Waals surface area contributed by atoms with Gasteiger partial charge in [-0.3, -0.25) is 18.6 Å². The predicted molar refractivity (Wildman–Crippen MR) is 109 cm³/mol. The third kappa shape index (κ3) is 2.57. The van der Waals surface area contributed by atoms with E-state index in [0.717, 1.165) is 4.31 Å². The third-order valence-corrected chi connectivity index (χ3v) is 6.97. The van der Waals surface area contributed by atoms with Gasteiger partial charge in [0.15, 0.2) is 5.82 Å². The molecule has 0 saturated heterocycles. The maximum atomic E-state index is 13.0. The zero-order valence-corrected chi connectivity index (χ0v) is 16.8. The first-order valence-electron chi connectivity index (χ1n) is 9.40. The van der Waals surface area contributed by atoms with Gasteiger partial charge in [0.2, 0.25) is 15.8 Å². The Labute approximate surface area is 171 Å². The fourth-order valence-electron chi connectivity index (χ4n) is 3.89. The molecule has 10 heteroatoms. The van der Waals surface area contributed by atoms with E-state index in [-0.39, 0.29) is 23.7 Å². The molecule has 2 aromatic carbocycles. The van der Waals surface area contributed by atoms with Gasteiger partial charge in [0.25, 0.3) is 11.5 Å². The Bertz CT molecular complexity index is 1500. The molecular weight excluding hydrogens is 406 g/mol. The van der Waals surface area contributed by atoms with Crippen LogP contribution < -0.4 is 5.56 Å². The van der Waals surface area contributed by atoms with Crippen LogP contribution in [0.25, 0.3) is 16.7 Å². The number of aryl methyl sites for hydroxylation is 1. The van der Waals surface area contributed by atoms with Crippen LogP contribution in [0.15, 0.2) is 53.3 Å². The number of aromatic nitrogens is 4. The van der Waals surface area contributed by atoms with Crippen molar-refractivity contribution >= 4 is 32.6 Å². The second kappa shape index (κ2) is 6.49. The number of carbonyl (C=O) groups excluding carboxylic acids is 1. The highest BCUT2D eigenvalue weighted by atomic mass is 32.2. The van der Waals surface area contributed by atoms with Crippen LogP contribution in [0.2, 0.25) is 0 Å². The molecule has 0 bridgehead atoms. The quantitative estimate of drug-likeness (QED) is 0.495. The van der Waals surface area contributed by atoms with Crippen molar-refractivity contribution in [3.63, 3.8) is 0 Å². The van der Waals surface area contributed by atoms with Crippen LogP contribution in [0.5, 0.6) is 0 Å². The molecule has 1 aliphatic rings. The lowest BCUT2D eigenvalue weighted by atomic mass is 10.1. The van der Waals surface area contributed by atoms with E-state index in [2.05, 4.69) is 10.2 Å². The first-order chi connectivity index (χ1) is 14.4. The van der Waals surface area contributed by atoms with Crippen molar-refractivity contribution in [2.45, 2.75) is 25.8 Å². The van der Waals surface area contributed by atoms with E-state index in [9.17, 15) is 18.0 Å². The molecule has 0 atom stereocenters. The topological polar surface area (TPSA) is 107 Å². The Morgan fingerprint density at radius 2 is 1.73 bits per heavy atom. The summed E-state index contributed by atoms with van der Waals surface area (Å²) in [6.07, 6.45) is 0. The van der Waals surface area contributed by atoms with E-state index >= 15 is 0 Å². The Balaban J connectivity index is 1.71. The summed E-state index contributed by atoms with van der Waals surface area (Å²) in [5.41, 5.74) is 1.20. The molecule has 0 radical (unpaired) electrons. The van der Waals surface area contributed by atoms with Gasteiger partial charge in [0.05, 0.1) is 23.2 Å². The lowest BCUT2D eigenvalue weighted by Crippen LogP contribution is -2.41. The summed E-state index contributed by atoms with van der Waals surface area (Å²) >= 11 is 0. The van der Waals surface area contributed by atoms with Crippen molar-refractivity contribution in [2.24, 2.45) is 0 Å². The molecule has 0 fully saturated rings. The summed E-state index contributed by atoms with van der Waals surface area (Å²) in [4.78, 5) is 25.8. The standard InChI is InChI=1S/C20H17N5O4S/c1-2-23-18(26)15-9-5-6-10-16(15)25-17(21-22-20(23)25)11-24-19(27)14-8-4-3-7-13(14)12-30(24,28)29/h3-10H,2,11-12H2,1H3. The van der Waals surface area contributed by atoms with E-state index in [0.29, 0.717) is 34.4 Å². The van der Waals surface area contributed by atoms with Gasteiger partial charge in [-0.2, -0.15) is 0 Å². The fraction of sp³-hybridized carbons (Fsp3) is 0.200. The molecule has 9 nitrogen and oxygen atoms in total. The largest absolute Gasteiger partial charge is 0.277 e. The molecule has 0 aliphatic carbocycles. The molecule has 4 aromatic rings. The van der Waals surface area contributed by atoms with Gasteiger partial charge >= 0.3 is 0 Å². The minimum atomic E-state index is -3.87. The zero-order valence-electron chi connectivity index (χ0n) is 16.0. The Hall–Kier alpha value is -3.53. The van der Waals surface area contributed by atoms with Gasteiger partial charge in [-0.1, -0.05) is 30.3 Å². The lowest BCUT2D eigenvalue weighted by molar-refractivity contribution is 0.0846. The maximum Gasteiger partial charge on any atom is 0.268 e. The van der Waals surface area contributed by atoms with E-state index in [1.807, 2.05) is 6.92 Å². The molecule has 3 heterocycles. The zero-order chi connectivity index (χ0) is 21.0. The Morgan fingerprint density at radius 1 is 1.00 bits per heavy atom. The summed E-state index contributed by atoms with van der Waals surface area (Å²) in [6, 6.07) is 13.7. The predicted octanol–water partition coefficient (Wildman–Crippen LogP) is 1.55. The highest BCUT2D eigenvalue weighted by Gasteiger charge is 2.36. The van der Waals surface area contributed by atoms with Gasteiger partial charge in [-0.25, -0.2) is 12.7 Å². The van der Waals surface area contributed by atoms with Crippen LogP contribution >= 0.6 is 0 Å². The highest BCUT2D eigenvalue weighted by Crippen LogP contribution is 2.26. The Kier molecular flexibility index (Phi) is 4.00. The molecule has 30 heavy (non-hydrogen) atoms.